The van der Waals surface area contributed by atoms with Crippen LogP contribution in [-0.4, -0.2) is 38.1 Å². The molecule has 1 heterocycles. The fourth-order valence-electron chi connectivity index (χ4n) is 3.04. The van der Waals surface area contributed by atoms with Crippen LogP contribution >= 0.6 is 24.0 Å². The Balaban J connectivity index is 0.00000280. The molecule has 0 bridgehead atoms. The Kier molecular flexibility index (Phi) is 8.56. The zero-order chi connectivity index (χ0) is 19.1. The van der Waals surface area contributed by atoms with Crippen LogP contribution in [0.3, 0.4) is 0 Å². The Morgan fingerprint density at radius 1 is 1.18 bits per heavy atom. The Hall–Kier alpha value is -2.29. The van der Waals surface area contributed by atoms with Gasteiger partial charge in [0.1, 0.15) is 11.9 Å². The third-order valence-electron chi connectivity index (χ3n) is 4.47. The number of aryl methyl sites for hydroxylation is 1. The van der Waals surface area contributed by atoms with Crippen LogP contribution in [0.5, 0.6) is 5.75 Å². The first-order valence-electron chi connectivity index (χ1n) is 9.25. The van der Waals surface area contributed by atoms with Crippen molar-refractivity contribution in [3.63, 3.8) is 0 Å². The highest BCUT2D eigenvalue weighted by atomic mass is 127. The van der Waals surface area contributed by atoms with Crippen LogP contribution < -0.4 is 20.7 Å². The third-order valence-corrected chi connectivity index (χ3v) is 4.47. The first-order chi connectivity index (χ1) is 13.2. The average molecular weight is 494 g/mol. The number of fused-ring (bicyclic) bond motifs is 1. The van der Waals surface area contributed by atoms with Crippen molar-refractivity contribution in [2.45, 2.75) is 25.9 Å². The Bertz CT molecular complexity index is 801. The summed E-state index contributed by atoms with van der Waals surface area (Å²) in [6.45, 7) is 2.85. The van der Waals surface area contributed by atoms with Crippen molar-refractivity contribution in [3.8, 4) is 5.75 Å². The van der Waals surface area contributed by atoms with Crippen molar-refractivity contribution >= 4 is 41.5 Å². The van der Waals surface area contributed by atoms with E-state index in [2.05, 4.69) is 33.9 Å². The topological polar surface area (TPSA) is 74.8 Å². The van der Waals surface area contributed by atoms with Crippen LogP contribution in [0.15, 0.2) is 53.5 Å². The maximum absolute atomic E-state index is 12.2. The maximum Gasteiger partial charge on any atom is 0.243 e. The smallest absolute Gasteiger partial charge is 0.243 e. The summed E-state index contributed by atoms with van der Waals surface area (Å²) in [5.41, 5.74) is 3.22. The van der Waals surface area contributed by atoms with Gasteiger partial charge in [-0.2, -0.15) is 0 Å². The standard InChI is InChI=1S/C21H26N4O2.HI/c1-3-15-7-6-9-17(11-15)25-20(26)14-24-21(22-2)23-13-18-12-16-8-4-5-10-19(16)27-18;/h4-11,18H,3,12-14H2,1-2H3,(H,25,26)(H2,22,23,24);1H. The van der Waals surface area contributed by atoms with Gasteiger partial charge in [0.15, 0.2) is 5.96 Å². The number of para-hydroxylation sites is 1. The Labute approximate surface area is 183 Å². The SMILES string of the molecule is CCc1cccc(NC(=O)CNC(=NC)NCC2Cc3ccccc3O2)c1.I. The van der Waals surface area contributed by atoms with E-state index in [9.17, 15) is 4.79 Å². The molecule has 0 aromatic heterocycles. The van der Waals surface area contributed by atoms with Crippen molar-refractivity contribution < 1.29 is 9.53 Å². The zero-order valence-corrected chi connectivity index (χ0v) is 18.5. The largest absolute Gasteiger partial charge is 0.488 e. The number of anilines is 1. The molecule has 0 saturated heterocycles. The molecule has 1 atom stereocenters. The lowest BCUT2D eigenvalue weighted by Gasteiger charge is -2.15. The highest BCUT2D eigenvalue weighted by molar-refractivity contribution is 14.0. The molecule has 1 aliphatic heterocycles. The van der Waals surface area contributed by atoms with Gasteiger partial charge in [-0.15, -0.1) is 24.0 Å². The van der Waals surface area contributed by atoms with E-state index >= 15 is 0 Å². The number of hydrogen-bond donors (Lipinski definition) is 3. The monoisotopic (exact) mass is 494 g/mol. The number of amides is 1. The minimum Gasteiger partial charge on any atom is -0.488 e. The molecule has 2 aromatic carbocycles. The normalized spacial score (nSPS) is 15.1. The Morgan fingerprint density at radius 2 is 2.00 bits per heavy atom. The molecule has 0 saturated carbocycles. The summed E-state index contributed by atoms with van der Waals surface area (Å²) in [6, 6.07) is 15.9. The van der Waals surface area contributed by atoms with Gasteiger partial charge < -0.3 is 20.7 Å². The molecule has 0 aliphatic carbocycles. The number of hydrogen-bond acceptors (Lipinski definition) is 3. The minimum atomic E-state index is -0.115. The van der Waals surface area contributed by atoms with Gasteiger partial charge in [-0.05, 0) is 35.7 Å². The predicted octanol–water partition coefficient (Wildman–Crippen LogP) is 2.97. The molecule has 0 fully saturated rings. The molecule has 150 valence electrons. The molecule has 0 radical (unpaired) electrons. The fraction of sp³-hybridized carbons (Fsp3) is 0.333. The van der Waals surface area contributed by atoms with E-state index in [1.54, 1.807) is 7.05 Å². The summed E-state index contributed by atoms with van der Waals surface area (Å²) < 4.78 is 5.90. The molecular weight excluding hydrogens is 467 g/mol. The number of halogens is 1. The summed E-state index contributed by atoms with van der Waals surface area (Å²) in [6.07, 6.45) is 1.87. The molecule has 1 amide bonds. The molecule has 6 nitrogen and oxygen atoms in total. The Morgan fingerprint density at radius 3 is 2.75 bits per heavy atom. The number of guanidine groups is 1. The molecule has 0 spiro atoms. The second kappa shape index (κ2) is 10.9. The fourth-order valence-corrected chi connectivity index (χ4v) is 3.04. The van der Waals surface area contributed by atoms with E-state index in [0.29, 0.717) is 12.5 Å². The molecule has 3 rings (SSSR count). The molecule has 28 heavy (non-hydrogen) atoms. The molecule has 2 aromatic rings. The molecular formula is C21H27IN4O2. The number of ether oxygens (including phenoxy) is 1. The highest BCUT2D eigenvalue weighted by Gasteiger charge is 2.22. The molecule has 1 unspecified atom stereocenters. The molecule has 7 heteroatoms. The number of benzene rings is 2. The van der Waals surface area contributed by atoms with Gasteiger partial charge in [0.2, 0.25) is 5.91 Å². The second-order valence-corrected chi connectivity index (χ2v) is 6.46. The predicted molar refractivity (Wildman–Crippen MR) is 124 cm³/mol. The van der Waals surface area contributed by atoms with Gasteiger partial charge >= 0.3 is 0 Å². The van der Waals surface area contributed by atoms with Gasteiger partial charge in [-0.1, -0.05) is 37.3 Å². The van der Waals surface area contributed by atoms with E-state index in [1.165, 1.54) is 11.1 Å². The lowest BCUT2D eigenvalue weighted by molar-refractivity contribution is -0.115. The van der Waals surface area contributed by atoms with Crippen molar-refractivity contribution in [1.82, 2.24) is 10.6 Å². The van der Waals surface area contributed by atoms with Crippen LogP contribution in [0, 0.1) is 0 Å². The first-order valence-corrected chi connectivity index (χ1v) is 9.25. The number of nitrogens with zero attached hydrogens (tertiary/aromatic N) is 1. The summed E-state index contributed by atoms with van der Waals surface area (Å²) in [5, 5.41) is 9.15. The zero-order valence-electron chi connectivity index (χ0n) is 16.2. The second-order valence-electron chi connectivity index (χ2n) is 6.46. The highest BCUT2D eigenvalue weighted by Crippen LogP contribution is 2.27. The van der Waals surface area contributed by atoms with Crippen molar-refractivity contribution in [2.75, 3.05) is 25.5 Å². The quantitative estimate of drug-likeness (QED) is 0.328. The summed E-state index contributed by atoms with van der Waals surface area (Å²) in [4.78, 5) is 16.3. The van der Waals surface area contributed by atoms with E-state index in [-0.39, 0.29) is 42.5 Å². The van der Waals surface area contributed by atoms with Gasteiger partial charge in [0.05, 0.1) is 13.1 Å². The van der Waals surface area contributed by atoms with E-state index in [0.717, 1.165) is 24.3 Å². The van der Waals surface area contributed by atoms with Crippen LogP contribution in [-0.2, 0) is 17.6 Å². The van der Waals surface area contributed by atoms with Crippen LogP contribution in [0.4, 0.5) is 5.69 Å². The van der Waals surface area contributed by atoms with Crippen LogP contribution in [0.25, 0.3) is 0 Å². The van der Waals surface area contributed by atoms with Gasteiger partial charge in [0.25, 0.3) is 0 Å². The summed E-state index contributed by atoms with van der Waals surface area (Å²) in [7, 11) is 1.68. The van der Waals surface area contributed by atoms with Crippen LogP contribution in [0.1, 0.15) is 18.1 Å². The number of nitrogens with one attached hydrogen (secondary N) is 3. The summed E-state index contributed by atoms with van der Waals surface area (Å²) in [5.74, 6) is 1.41. The number of rotatable bonds is 6. The van der Waals surface area contributed by atoms with Gasteiger partial charge in [-0.25, -0.2) is 0 Å². The van der Waals surface area contributed by atoms with E-state index < -0.39 is 0 Å². The lowest BCUT2D eigenvalue weighted by Crippen LogP contribution is -2.44. The molecule has 3 N–H and O–H groups in total. The van der Waals surface area contributed by atoms with E-state index in [4.69, 9.17) is 4.74 Å². The van der Waals surface area contributed by atoms with Crippen molar-refractivity contribution in [2.24, 2.45) is 4.99 Å². The van der Waals surface area contributed by atoms with Crippen molar-refractivity contribution in [1.29, 1.82) is 0 Å². The average Bonchev–Trinajstić information content (AvgIpc) is 3.11. The van der Waals surface area contributed by atoms with E-state index in [1.807, 2.05) is 42.5 Å². The van der Waals surface area contributed by atoms with Crippen molar-refractivity contribution in [3.05, 3.63) is 59.7 Å². The van der Waals surface area contributed by atoms with Gasteiger partial charge in [0, 0.05) is 19.2 Å². The summed E-state index contributed by atoms with van der Waals surface area (Å²) >= 11 is 0. The number of aliphatic imine (C=N–C) groups is 1. The van der Waals surface area contributed by atoms with Gasteiger partial charge in [-0.3, -0.25) is 9.79 Å². The third kappa shape index (κ3) is 6.12. The number of carbonyl (C=O) groups excluding carboxylic acids is 1. The maximum atomic E-state index is 12.2. The molecule has 1 aliphatic rings. The minimum absolute atomic E-state index is 0. The lowest BCUT2D eigenvalue weighted by atomic mass is 10.1. The van der Waals surface area contributed by atoms with Crippen LogP contribution in [0.2, 0.25) is 0 Å². The first kappa shape index (κ1) is 22.0. The number of carbonyl (C=O) groups is 1.